The molecule has 3 rings (SSSR count). The quantitative estimate of drug-likeness (QED) is 0.800. The molecule has 2 N–H and O–H groups in total. The minimum absolute atomic E-state index is 0.132. The number of hydrogen-bond acceptors (Lipinski definition) is 5. The van der Waals surface area contributed by atoms with Gasteiger partial charge in [-0.1, -0.05) is 25.1 Å². The highest BCUT2D eigenvalue weighted by molar-refractivity contribution is 5.89. The number of ether oxygens (including phenoxy) is 1. The van der Waals surface area contributed by atoms with Crippen LogP contribution in [0.1, 0.15) is 20.3 Å². The third kappa shape index (κ3) is 5.43. The molecular formula is C21H28N4O3. The molecule has 0 saturated carbocycles. The van der Waals surface area contributed by atoms with Crippen molar-refractivity contribution in [2.45, 2.75) is 32.4 Å². The lowest BCUT2D eigenvalue weighted by Crippen LogP contribution is -2.56. The van der Waals surface area contributed by atoms with Crippen molar-refractivity contribution in [3.63, 3.8) is 0 Å². The number of pyridine rings is 1. The van der Waals surface area contributed by atoms with Crippen molar-refractivity contribution in [2.75, 3.05) is 31.5 Å². The summed E-state index contributed by atoms with van der Waals surface area (Å²) in [6.07, 6.45) is 2.18. The molecule has 0 spiro atoms. The van der Waals surface area contributed by atoms with E-state index in [1.165, 1.54) is 0 Å². The van der Waals surface area contributed by atoms with Gasteiger partial charge < -0.3 is 20.1 Å². The number of benzene rings is 1. The second-order valence-corrected chi connectivity index (χ2v) is 7.08. The highest BCUT2D eigenvalue weighted by Gasteiger charge is 2.29. The van der Waals surface area contributed by atoms with Gasteiger partial charge in [0.1, 0.15) is 5.75 Å². The average Bonchev–Trinajstić information content (AvgIpc) is 2.69. The number of carbonyl (C=O) groups is 1. The minimum atomic E-state index is -0.366. The van der Waals surface area contributed by atoms with Crippen molar-refractivity contribution in [3.8, 4) is 11.6 Å². The number of nitrogens with zero attached hydrogens (tertiary/aromatic N) is 3. The van der Waals surface area contributed by atoms with E-state index in [9.17, 15) is 9.90 Å². The van der Waals surface area contributed by atoms with Gasteiger partial charge in [-0.25, -0.2) is 9.78 Å². The zero-order valence-corrected chi connectivity index (χ0v) is 16.4. The standard InChI is InChI=1S/C21H28N4O3/c1-3-18-15-25(12-11-24(18)14-16(2)26)21(27)23-17-9-10-22-20(13-17)28-19-7-5-4-6-8-19/h4-10,13,16,18,26H,3,11-12,14-15H2,1-2H3,(H,22,23,27)/t16-,18-/m1/s1. The van der Waals surface area contributed by atoms with E-state index in [2.05, 4.69) is 22.1 Å². The number of nitrogens with one attached hydrogen (secondary N) is 1. The Morgan fingerprint density at radius 2 is 2.11 bits per heavy atom. The molecule has 1 saturated heterocycles. The van der Waals surface area contributed by atoms with Crippen LogP contribution in [-0.4, -0.2) is 64.2 Å². The first-order valence-corrected chi connectivity index (χ1v) is 9.72. The fourth-order valence-corrected chi connectivity index (χ4v) is 3.40. The van der Waals surface area contributed by atoms with Crippen molar-refractivity contribution in [1.82, 2.24) is 14.8 Å². The van der Waals surface area contributed by atoms with Crippen LogP contribution in [0.25, 0.3) is 0 Å². The van der Waals surface area contributed by atoms with Gasteiger partial charge in [0, 0.05) is 50.2 Å². The first-order valence-electron chi connectivity index (χ1n) is 9.72. The molecule has 28 heavy (non-hydrogen) atoms. The predicted molar refractivity (Wildman–Crippen MR) is 109 cm³/mol. The summed E-state index contributed by atoms with van der Waals surface area (Å²) in [7, 11) is 0. The van der Waals surface area contributed by atoms with Crippen molar-refractivity contribution in [3.05, 3.63) is 48.7 Å². The summed E-state index contributed by atoms with van der Waals surface area (Å²) in [4.78, 5) is 21.0. The Hall–Kier alpha value is -2.64. The van der Waals surface area contributed by atoms with Gasteiger partial charge >= 0.3 is 6.03 Å². The van der Waals surface area contributed by atoms with E-state index in [0.717, 1.165) is 13.0 Å². The van der Waals surface area contributed by atoms with Gasteiger partial charge in [-0.2, -0.15) is 0 Å². The van der Waals surface area contributed by atoms with Crippen molar-refractivity contribution in [2.24, 2.45) is 0 Å². The van der Waals surface area contributed by atoms with Crippen molar-refractivity contribution < 1.29 is 14.6 Å². The Morgan fingerprint density at radius 3 is 2.82 bits per heavy atom. The first kappa shape index (κ1) is 20.1. The highest BCUT2D eigenvalue weighted by atomic mass is 16.5. The molecule has 2 amide bonds. The molecule has 1 aliphatic rings. The number of piperazine rings is 1. The smallest absolute Gasteiger partial charge is 0.321 e. The number of urea groups is 1. The number of para-hydroxylation sites is 1. The number of carbonyl (C=O) groups excluding carboxylic acids is 1. The molecule has 7 nitrogen and oxygen atoms in total. The van der Waals surface area contributed by atoms with E-state index < -0.39 is 0 Å². The lowest BCUT2D eigenvalue weighted by Gasteiger charge is -2.41. The number of amides is 2. The summed E-state index contributed by atoms with van der Waals surface area (Å²) >= 11 is 0. The van der Waals surface area contributed by atoms with Crippen molar-refractivity contribution >= 4 is 11.7 Å². The van der Waals surface area contributed by atoms with Crippen LogP contribution in [0.2, 0.25) is 0 Å². The zero-order chi connectivity index (χ0) is 19.9. The zero-order valence-electron chi connectivity index (χ0n) is 16.4. The van der Waals surface area contributed by atoms with Crippen LogP contribution in [0, 0.1) is 0 Å². The molecule has 1 fully saturated rings. The summed E-state index contributed by atoms with van der Waals surface area (Å²) < 4.78 is 5.73. The van der Waals surface area contributed by atoms with E-state index in [1.807, 2.05) is 35.2 Å². The Labute approximate surface area is 165 Å². The molecular weight excluding hydrogens is 356 g/mol. The Kier molecular flexibility index (Phi) is 6.84. The average molecular weight is 384 g/mol. The van der Waals surface area contributed by atoms with Crippen molar-refractivity contribution in [1.29, 1.82) is 0 Å². The van der Waals surface area contributed by atoms with E-state index in [1.54, 1.807) is 25.3 Å². The summed E-state index contributed by atoms with van der Waals surface area (Å²) in [5.74, 6) is 1.12. The maximum atomic E-state index is 12.7. The molecule has 1 aromatic heterocycles. The van der Waals surface area contributed by atoms with Gasteiger partial charge in [-0.15, -0.1) is 0 Å². The topological polar surface area (TPSA) is 77.9 Å². The SMILES string of the molecule is CC[C@@H]1CN(C(=O)Nc2ccnc(Oc3ccccc3)c2)CCN1C[C@@H](C)O. The number of rotatable bonds is 6. The Morgan fingerprint density at radius 1 is 1.32 bits per heavy atom. The lowest BCUT2D eigenvalue weighted by atomic mass is 10.1. The maximum absolute atomic E-state index is 12.7. The highest BCUT2D eigenvalue weighted by Crippen LogP contribution is 2.22. The molecule has 2 aromatic rings. The fraction of sp³-hybridized carbons (Fsp3) is 0.429. The van der Waals surface area contributed by atoms with Crippen LogP contribution in [0.15, 0.2) is 48.7 Å². The van der Waals surface area contributed by atoms with Crippen LogP contribution in [0.4, 0.5) is 10.5 Å². The Balaban J connectivity index is 1.59. The van der Waals surface area contributed by atoms with E-state index in [-0.39, 0.29) is 18.2 Å². The largest absolute Gasteiger partial charge is 0.439 e. The molecule has 0 radical (unpaired) electrons. The maximum Gasteiger partial charge on any atom is 0.321 e. The van der Waals surface area contributed by atoms with E-state index >= 15 is 0 Å². The second-order valence-electron chi connectivity index (χ2n) is 7.08. The normalized spacial score (nSPS) is 18.5. The van der Waals surface area contributed by atoms with E-state index in [0.29, 0.717) is 37.0 Å². The predicted octanol–water partition coefficient (Wildman–Crippen LogP) is 3.18. The number of aromatic nitrogens is 1. The van der Waals surface area contributed by atoms with E-state index in [4.69, 9.17) is 4.74 Å². The molecule has 0 aliphatic carbocycles. The summed E-state index contributed by atoms with van der Waals surface area (Å²) in [5, 5.41) is 12.6. The van der Waals surface area contributed by atoms with Crippen LogP contribution in [-0.2, 0) is 0 Å². The van der Waals surface area contributed by atoms with Gasteiger partial charge in [0.25, 0.3) is 0 Å². The molecule has 7 heteroatoms. The Bertz CT molecular complexity index is 769. The summed E-state index contributed by atoms with van der Waals surface area (Å²) in [5.41, 5.74) is 0.644. The molecule has 1 aliphatic heterocycles. The number of aliphatic hydroxyl groups is 1. The van der Waals surface area contributed by atoms with Crippen LogP contribution in [0.5, 0.6) is 11.6 Å². The molecule has 1 aromatic carbocycles. The third-order valence-electron chi connectivity index (χ3n) is 4.81. The van der Waals surface area contributed by atoms with Gasteiger partial charge in [-0.05, 0) is 31.5 Å². The van der Waals surface area contributed by atoms with Crippen LogP contribution in [0.3, 0.4) is 0 Å². The third-order valence-corrected chi connectivity index (χ3v) is 4.81. The van der Waals surface area contributed by atoms with Gasteiger partial charge in [-0.3, -0.25) is 4.90 Å². The van der Waals surface area contributed by atoms with Crippen LogP contribution >= 0.6 is 0 Å². The summed E-state index contributed by atoms with van der Waals surface area (Å²) in [6.45, 7) is 6.58. The second kappa shape index (κ2) is 9.52. The minimum Gasteiger partial charge on any atom is -0.439 e. The molecule has 150 valence electrons. The summed E-state index contributed by atoms with van der Waals surface area (Å²) in [6, 6.07) is 13.0. The molecule has 2 atom stereocenters. The number of aliphatic hydroxyl groups excluding tert-OH is 1. The number of hydrogen-bond donors (Lipinski definition) is 2. The molecule has 2 heterocycles. The number of β-amino-alcohol motifs (C(OH)–C–C–N with tert-alkyl or cyclic N) is 1. The van der Waals surface area contributed by atoms with Gasteiger partial charge in [0.05, 0.1) is 6.10 Å². The lowest BCUT2D eigenvalue weighted by molar-refractivity contribution is 0.0507. The molecule has 0 bridgehead atoms. The number of anilines is 1. The first-order chi connectivity index (χ1) is 13.5. The fourth-order valence-electron chi connectivity index (χ4n) is 3.40. The van der Waals surface area contributed by atoms with Gasteiger partial charge in [0.15, 0.2) is 0 Å². The van der Waals surface area contributed by atoms with Gasteiger partial charge in [0.2, 0.25) is 5.88 Å². The van der Waals surface area contributed by atoms with Crippen LogP contribution < -0.4 is 10.1 Å². The monoisotopic (exact) mass is 384 g/mol. The molecule has 0 unspecified atom stereocenters.